The van der Waals surface area contributed by atoms with Crippen LogP contribution >= 0.6 is 0 Å². The fourth-order valence-corrected chi connectivity index (χ4v) is 3.80. The van der Waals surface area contributed by atoms with Crippen molar-refractivity contribution in [3.8, 4) is 0 Å². The molecule has 1 N–H and O–H groups in total. The molecule has 2 fully saturated rings. The Labute approximate surface area is 123 Å². The van der Waals surface area contributed by atoms with Gasteiger partial charge in [0.25, 0.3) is 0 Å². The molecule has 2 saturated carbocycles. The SMILES string of the molecule is CCC1CCCCC1n1nc(C)c(CNC2CC2)c1C. The molecule has 3 heteroatoms. The smallest absolute Gasteiger partial charge is 0.0641 e. The van der Waals surface area contributed by atoms with Gasteiger partial charge in [-0.2, -0.15) is 5.10 Å². The van der Waals surface area contributed by atoms with Crippen molar-refractivity contribution in [3.05, 3.63) is 17.0 Å². The molecule has 112 valence electrons. The van der Waals surface area contributed by atoms with Gasteiger partial charge in [0.1, 0.15) is 0 Å². The molecule has 0 bridgehead atoms. The molecule has 0 aliphatic heterocycles. The van der Waals surface area contributed by atoms with Crippen LogP contribution < -0.4 is 5.32 Å². The highest BCUT2D eigenvalue weighted by molar-refractivity contribution is 5.25. The number of rotatable bonds is 5. The molecule has 0 radical (unpaired) electrons. The lowest BCUT2D eigenvalue weighted by Crippen LogP contribution is -2.25. The lowest BCUT2D eigenvalue weighted by molar-refractivity contribution is 0.214. The zero-order chi connectivity index (χ0) is 14.1. The largest absolute Gasteiger partial charge is 0.310 e. The molecular weight excluding hydrogens is 246 g/mol. The van der Waals surface area contributed by atoms with E-state index in [4.69, 9.17) is 5.10 Å². The third kappa shape index (κ3) is 2.78. The molecule has 1 aromatic rings. The molecular formula is C17H29N3. The maximum atomic E-state index is 4.91. The van der Waals surface area contributed by atoms with E-state index in [0.717, 1.165) is 18.5 Å². The van der Waals surface area contributed by atoms with Gasteiger partial charge in [0.15, 0.2) is 0 Å². The Morgan fingerprint density at radius 3 is 2.60 bits per heavy atom. The van der Waals surface area contributed by atoms with Crippen LogP contribution in [0.5, 0.6) is 0 Å². The summed E-state index contributed by atoms with van der Waals surface area (Å²) in [5, 5.41) is 8.55. The van der Waals surface area contributed by atoms with E-state index in [1.807, 2.05) is 0 Å². The highest BCUT2D eigenvalue weighted by Gasteiger charge is 2.28. The van der Waals surface area contributed by atoms with Crippen LogP contribution in [-0.4, -0.2) is 15.8 Å². The van der Waals surface area contributed by atoms with Crippen LogP contribution in [0.4, 0.5) is 0 Å². The van der Waals surface area contributed by atoms with Crippen molar-refractivity contribution in [1.29, 1.82) is 0 Å². The molecule has 20 heavy (non-hydrogen) atoms. The zero-order valence-corrected chi connectivity index (χ0v) is 13.3. The van der Waals surface area contributed by atoms with Crippen LogP contribution in [0.25, 0.3) is 0 Å². The van der Waals surface area contributed by atoms with E-state index in [1.165, 1.54) is 61.9 Å². The fourth-order valence-electron chi connectivity index (χ4n) is 3.80. The highest BCUT2D eigenvalue weighted by Crippen LogP contribution is 2.37. The minimum Gasteiger partial charge on any atom is -0.310 e. The molecule has 0 spiro atoms. The second-order valence-corrected chi connectivity index (χ2v) is 6.77. The van der Waals surface area contributed by atoms with Crippen molar-refractivity contribution in [2.75, 3.05) is 0 Å². The van der Waals surface area contributed by atoms with Crippen LogP contribution in [-0.2, 0) is 6.54 Å². The number of aryl methyl sites for hydroxylation is 1. The number of nitrogens with zero attached hydrogens (tertiary/aromatic N) is 2. The molecule has 3 rings (SSSR count). The predicted molar refractivity (Wildman–Crippen MR) is 82.8 cm³/mol. The summed E-state index contributed by atoms with van der Waals surface area (Å²) in [5.74, 6) is 0.825. The summed E-state index contributed by atoms with van der Waals surface area (Å²) in [7, 11) is 0. The number of aromatic nitrogens is 2. The quantitative estimate of drug-likeness (QED) is 0.883. The van der Waals surface area contributed by atoms with Crippen molar-refractivity contribution in [1.82, 2.24) is 15.1 Å². The van der Waals surface area contributed by atoms with E-state index in [-0.39, 0.29) is 0 Å². The summed E-state index contributed by atoms with van der Waals surface area (Å²) in [6, 6.07) is 1.41. The highest BCUT2D eigenvalue weighted by atomic mass is 15.3. The Hall–Kier alpha value is -0.830. The van der Waals surface area contributed by atoms with Crippen molar-refractivity contribution in [2.45, 2.75) is 84.3 Å². The van der Waals surface area contributed by atoms with Gasteiger partial charge in [0.05, 0.1) is 11.7 Å². The molecule has 0 saturated heterocycles. The second kappa shape index (κ2) is 5.88. The van der Waals surface area contributed by atoms with Crippen LogP contribution in [0.3, 0.4) is 0 Å². The van der Waals surface area contributed by atoms with Gasteiger partial charge in [-0.05, 0) is 45.4 Å². The zero-order valence-electron chi connectivity index (χ0n) is 13.3. The molecule has 2 unspecified atom stereocenters. The van der Waals surface area contributed by atoms with Crippen LogP contribution in [0.2, 0.25) is 0 Å². The summed E-state index contributed by atoms with van der Waals surface area (Å²) < 4.78 is 2.37. The molecule has 2 atom stereocenters. The third-order valence-corrected chi connectivity index (χ3v) is 5.33. The van der Waals surface area contributed by atoms with Crippen molar-refractivity contribution >= 4 is 0 Å². The molecule has 1 heterocycles. The van der Waals surface area contributed by atoms with Crippen molar-refractivity contribution in [2.24, 2.45) is 5.92 Å². The Bertz CT molecular complexity index is 459. The maximum Gasteiger partial charge on any atom is 0.0641 e. The molecule has 2 aliphatic carbocycles. The van der Waals surface area contributed by atoms with E-state index in [1.54, 1.807) is 0 Å². The van der Waals surface area contributed by atoms with Gasteiger partial charge < -0.3 is 5.32 Å². The minimum atomic E-state index is 0.641. The summed E-state index contributed by atoms with van der Waals surface area (Å²) in [6.07, 6.45) is 9.48. The molecule has 3 nitrogen and oxygen atoms in total. The van der Waals surface area contributed by atoms with Crippen LogP contribution in [0.15, 0.2) is 0 Å². The lowest BCUT2D eigenvalue weighted by Gasteiger charge is -2.32. The summed E-state index contributed by atoms with van der Waals surface area (Å²) in [4.78, 5) is 0. The average molecular weight is 275 g/mol. The Kier molecular flexibility index (Phi) is 4.16. The normalized spacial score (nSPS) is 26.9. The molecule has 2 aliphatic rings. The fraction of sp³-hybridized carbons (Fsp3) is 0.824. The van der Waals surface area contributed by atoms with Gasteiger partial charge in [-0.1, -0.05) is 26.2 Å². The van der Waals surface area contributed by atoms with Crippen molar-refractivity contribution < 1.29 is 0 Å². The van der Waals surface area contributed by atoms with Gasteiger partial charge in [-0.25, -0.2) is 0 Å². The second-order valence-electron chi connectivity index (χ2n) is 6.77. The lowest BCUT2D eigenvalue weighted by atomic mass is 9.83. The monoisotopic (exact) mass is 275 g/mol. The average Bonchev–Trinajstić information content (AvgIpc) is 3.24. The summed E-state index contributed by atoms with van der Waals surface area (Å²) in [6.45, 7) is 7.79. The van der Waals surface area contributed by atoms with Gasteiger partial charge in [-0.15, -0.1) is 0 Å². The molecule has 0 amide bonds. The Morgan fingerprint density at radius 2 is 1.90 bits per heavy atom. The first-order valence-corrected chi connectivity index (χ1v) is 8.48. The van der Waals surface area contributed by atoms with Gasteiger partial charge >= 0.3 is 0 Å². The van der Waals surface area contributed by atoms with E-state index in [0.29, 0.717) is 6.04 Å². The predicted octanol–water partition coefficient (Wildman–Crippen LogP) is 3.89. The van der Waals surface area contributed by atoms with E-state index >= 15 is 0 Å². The van der Waals surface area contributed by atoms with E-state index in [9.17, 15) is 0 Å². The molecule has 0 aromatic carbocycles. The first-order chi connectivity index (χ1) is 9.70. The van der Waals surface area contributed by atoms with Crippen LogP contribution in [0.1, 0.15) is 74.9 Å². The summed E-state index contributed by atoms with van der Waals surface area (Å²) in [5.41, 5.74) is 4.08. The van der Waals surface area contributed by atoms with Gasteiger partial charge in [0.2, 0.25) is 0 Å². The third-order valence-electron chi connectivity index (χ3n) is 5.33. The minimum absolute atomic E-state index is 0.641. The number of hydrogen-bond acceptors (Lipinski definition) is 2. The maximum absolute atomic E-state index is 4.91. The molecule has 1 aromatic heterocycles. The van der Waals surface area contributed by atoms with Crippen molar-refractivity contribution in [3.63, 3.8) is 0 Å². The van der Waals surface area contributed by atoms with Gasteiger partial charge in [0, 0.05) is 23.8 Å². The number of hydrogen-bond donors (Lipinski definition) is 1. The van der Waals surface area contributed by atoms with Crippen LogP contribution in [0, 0.1) is 19.8 Å². The standard InChI is InChI=1S/C17H29N3/c1-4-14-7-5-6-8-17(14)20-13(3)16(12(2)19-20)11-18-15-9-10-15/h14-15,17-18H,4-11H2,1-3H3. The first-order valence-electron chi connectivity index (χ1n) is 8.48. The first kappa shape index (κ1) is 14.1. The topological polar surface area (TPSA) is 29.9 Å². The summed E-state index contributed by atoms with van der Waals surface area (Å²) >= 11 is 0. The van der Waals surface area contributed by atoms with Gasteiger partial charge in [-0.3, -0.25) is 4.68 Å². The Balaban J connectivity index is 1.79. The van der Waals surface area contributed by atoms with E-state index in [2.05, 4.69) is 30.8 Å². The Morgan fingerprint density at radius 1 is 1.15 bits per heavy atom. The van der Waals surface area contributed by atoms with E-state index < -0.39 is 0 Å². The number of nitrogens with one attached hydrogen (secondary N) is 1.